The van der Waals surface area contributed by atoms with Crippen LogP contribution in [-0.4, -0.2) is 0 Å². The predicted molar refractivity (Wildman–Crippen MR) is 77.7 cm³/mol. The van der Waals surface area contributed by atoms with E-state index < -0.39 is 0 Å². The quantitative estimate of drug-likeness (QED) is 0.481. The van der Waals surface area contributed by atoms with Crippen LogP contribution in [-0.2, 0) is 0 Å². The first kappa shape index (κ1) is 17.4. The van der Waals surface area contributed by atoms with Crippen molar-refractivity contribution in [2.45, 2.75) is 53.4 Å². The number of rotatable bonds is 0. The standard InChI is InChI=1S/2C5H6.2C3H8/c2*1-2-4-5-3-1;2*1-3-2/h2*1-4H,5H2;2*3H2,1-2H3. The third-order valence-corrected chi connectivity index (χ3v) is 1.31. The number of hydrogen-bond acceptors (Lipinski definition) is 0. The summed E-state index contributed by atoms with van der Waals surface area (Å²) in [7, 11) is 0. The summed E-state index contributed by atoms with van der Waals surface area (Å²) in [5.74, 6) is 0. The summed E-state index contributed by atoms with van der Waals surface area (Å²) in [5, 5.41) is 0. The van der Waals surface area contributed by atoms with Gasteiger partial charge in [-0.2, -0.15) is 0 Å². The van der Waals surface area contributed by atoms with Gasteiger partial charge in [-0.15, -0.1) is 0 Å². The van der Waals surface area contributed by atoms with Crippen molar-refractivity contribution in [1.29, 1.82) is 0 Å². The smallest absolute Gasteiger partial charge is 0.0163 e. The maximum absolute atomic E-state index is 2.12. The lowest BCUT2D eigenvalue weighted by atomic mass is 10.5. The first-order valence-corrected chi connectivity index (χ1v) is 6.46. The van der Waals surface area contributed by atoms with E-state index in [1.54, 1.807) is 0 Å². The minimum atomic E-state index is 1.14. The van der Waals surface area contributed by atoms with Crippen LogP contribution in [0.15, 0.2) is 48.6 Å². The highest BCUT2D eigenvalue weighted by molar-refractivity contribution is 5.12. The van der Waals surface area contributed by atoms with Crippen LogP contribution in [0.3, 0.4) is 0 Å². The first-order chi connectivity index (χ1) is 7.83. The zero-order chi connectivity index (χ0) is 12.5. The van der Waals surface area contributed by atoms with Gasteiger partial charge in [0.25, 0.3) is 0 Å². The zero-order valence-corrected chi connectivity index (χ0v) is 11.4. The van der Waals surface area contributed by atoms with E-state index in [4.69, 9.17) is 0 Å². The summed E-state index contributed by atoms with van der Waals surface area (Å²) in [4.78, 5) is 0. The fourth-order valence-corrected chi connectivity index (χ4v) is 0.786. The molecule has 0 bridgehead atoms. The Kier molecular flexibility index (Phi) is 21.2. The molecule has 0 radical (unpaired) electrons. The van der Waals surface area contributed by atoms with Crippen LogP contribution in [0.4, 0.5) is 0 Å². The van der Waals surface area contributed by atoms with Crippen molar-refractivity contribution in [3.05, 3.63) is 48.6 Å². The lowest BCUT2D eigenvalue weighted by Crippen LogP contribution is -1.37. The molecule has 0 heterocycles. The van der Waals surface area contributed by atoms with Crippen LogP contribution in [0, 0.1) is 0 Å². The molecule has 0 aromatic carbocycles. The van der Waals surface area contributed by atoms with Crippen molar-refractivity contribution < 1.29 is 0 Å². The molecule has 2 rings (SSSR count). The minimum absolute atomic E-state index is 1.14. The van der Waals surface area contributed by atoms with Crippen LogP contribution < -0.4 is 0 Å². The number of allylic oxidation sites excluding steroid dienone is 8. The Hall–Kier alpha value is -1.04. The molecule has 92 valence electrons. The summed E-state index contributed by atoms with van der Waals surface area (Å²) >= 11 is 0. The molecule has 0 N–H and O–H groups in total. The third-order valence-electron chi connectivity index (χ3n) is 1.31. The molecule has 2 aliphatic carbocycles. The Morgan fingerprint density at radius 2 is 0.750 bits per heavy atom. The lowest BCUT2D eigenvalue weighted by Gasteiger charge is -1.57. The van der Waals surface area contributed by atoms with Crippen molar-refractivity contribution in [1.82, 2.24) is 0 Å². The fraction of sp³-hybridized carbons (Fsp3) is 0.500. The SMILES string of the molecule is C1=CCC=C1.C1=CCC=C1.CCC.CCC. The molecule has 0 saturated carbocycles. The molecule has 0 saturated heterocycles. The van der Waals surface area contributed by atoms with E-state index in [9.17, 15) is 0 Å². The third kappa shape index (κ3) is 23.1. The van der Waals surface area contributed by atoms with Gasteiger partial charge in [0.05, 0.1) is 0 Å². The molecule has 0 aliphatic heterocycles. The predicted octanol–water partition coefficient (Wildman–Crippen LogP) is 5.84. The Labute approximate surface area is 102 Å². The van der Waals surface area contributed by atoms with E-state index in [0.717, 1.165) is 12.8 Å². The maximum atomic E-state index is 2.12. The topological polar surface area (TPSA) is 0 Å². The molecule has 0 fully saturated rings. The largest absolute Gasteiger partial charge is 0.0808 e. The van der Waals surface area contributed by atoms with Gasteiger partial charge in [0.1, 0.15) is 0 Å². The van der Waals surface area contributed by atoms with Crippen molar-refractivity contribution in [3.8, 4) is 0 Å². The highest BCUT2D eigenvalue weighted by Gasteiger charge is 1.72. The van der Waals surface area contributed by atoms with Crippen LogP contribution >= 0.6 is 0 Å². The molecule has 2 aliphatic rings. The lowest BCUT2D eigenvalue weighted by molar-refractivity contribution is 1.09. The van der Waals surface area contributed by atoms with E-state index in [1.807, 2.05) is 0 Å². The Morgan fingerprint density at radius 3 is 0.812 bits per heavy atom. The van der Waals surface area contributed by atoms with Gasteiger partial charge in [0.2, 0.25) is 0 Å². The van der Waals surface area contributed by atoms with Gasteiger partial charge in [-0.25, -0.2) is 0 Å². The monoisotopic (exact) mass is 220 g/mol. The first-order valence-electron chi connectivity index (χ1n) is 6.46. The Morgan fingerprint density at radius 1 is 0.562 bits per heavy atom. The second-order valence-corrected chi connectivity index (χ2v) is 3.60. The number of hydrogen-bond donors (Lipinski definition) is 0. The summed E-state index contributed by atoms with van der Waals surface area (Å²) < 4.78 is 0. The normalized spacial score (nSPS) is 13.2. The van der Waals surface area contributed by atoms with Gasteiger partial charge in [-0.3, -0.25) is 0 Å². The molecule has 0 nitrogen and oxygen atoms in total. The van der Waals surface area contributed by atoms with Crippen molar-refractivity contribution in [2.75, 3.05) is 0 Å². The molecule has 0 unspecified atom stereocenters. The average Bonchev–Trinajstić information content (AvgIpc) is 3.00. The molecule has 0 amide bonds. The minimum Gasteiger partial charge on any atom is -0.0808 e. The average molecular weight is 220 g/mol. The van der Waals surface area contributed by atoms with Crippen molar-refractivity contribution in [2.24, 2.45) is 0 Å². The van der Waals surface area contributed by atoms with E-state index in [-0.39, 0.29) is 0 Å². The second kappa shape index (κ2) is 19.5. The highest BCUT2D eigenvalue weighted by atomic mass is 13.8. The summed E-state index contributed by atoms with van der Waals surface area (Å²) in [5.41, 5.74) is 0. The highest BCUT2D eigenvalue weighted by Crippen LogP contribution is 1.93. The van der Waals surface area contributed by atoms with Gasteiger partial charge in [-0.05, 0) is 12.8 Å². The van der Waals surface area contributed by atoms with Crippen LogP contribution in [0.5, 0.6) is 0 Å². The van der Waals surface area contributed by atoms with Gasteiger partial charge < -0.3 is 0 Å². The molecular formula is C16H28. The van der Waals surface area contributed by atoms with Crippen molar-refractivity contribution >= 4 is 0 Å². The van der Waals surface area contributed by atoms with Gasteiger partial charge >= 0.3 is 0 Å². The van der Waals surface area contributed by atoms with Crippen LogP contribution in [0.2, 0.25) is 0 Å². The summed E-state index contributed by atoms with van der Waals surface area (Å²) in [6, 6.07) is 0. The van der Waals surface area contributed by atoms with E-state index in [1.165, 1.54) is 12.8 Å². The van der Waals surface area contributed by atoms with Crippen molar-refractivity contribution in [3.63, 3.8) is 0 Å². The molecule has 0 aromatic heterocycles. The van der Waals surface area contributed by atoms with Gasteiger partial charge in [0, 0.05) is 0 Å². The van der Waals surface area contributed by atoms with E-state index in [2.05, 4.69) is 76.3 Å². The van der Waals surface area contributed by atoms with E-state index in [0.29, 0.717) is 0 Å². The van der Waals surface area contributed by atoms with Gasteiger partial charge in [0.15, 0.2) is 0 Å². The molecular weight excluding hydrogens is 192 g/mol. The summed E-state index contributed by atoms with van der Waals surface area (Å²) in [6.07, 6.45) is 21.5. The second-order valence-electron chi connectivity index (χ2n) is 3.60. The van der Waals surface area contributed by atoms with Gasteiger partial charge in [-0.1, -0.05) is 89.1 Å². The summed E-state index contributed by atoms with van der Waals surface area (Å²) in [6.45, 7) is 8.50. The zero-order valence-electron chi connectivity index (χ0n) is 11.4. The fourth-order valence-electron chi connectivity index (χ4n) is 0.786. The molecule has 16 heavy (non-hydrogen) atoms. The van der Waals surface area contributed by atoms with E-state index >= 15 is 0 Å². The van der Waals surface area contributed by atoms with Crippen LogP contribution in [0.1, 0.15) is 53.4 Å². The molecule has 0 aromatic rings. The Balaban J connectivity index is 0. The molecule has 0 atom stereocenters. The molecule has 0 spiro atoms. The Bertz CT molecular complexity index is 160. The maximum Gasteiger partial charge on any atom is -0.0163 e. The molecule has 0 heteroatoms. The van der Waals surface area contributed by atoms with Crippen LogP contribution in [0.25, 0.3) is 0 Å².